The fourth-order valence-electron chi connectivity index (χ4n) is 5.49. The van der Waals surface area contributed by atoms with E-state index in [4.69, 9.17) is 4.74 Å². The molecule has 1 fully saturated rings. The molecule has 200 valence electrons. The SMILES string of the molecule is O=C(c1nnc(COc2cccc(F)c2)n1-c1cccnc1)N1CCC[C@@H]1C(c1ccccc1)c1ccccc1. The van der Waals surface area contributed by atoms with Crippen LogP contribution < -0.4 is 4.74 Å². The van der Waals surface area contributed by atoms with E-state index in [1.54, 1.807) is 35.2 Å². The molecule has 0 N–H and O–H groups in total. The van der Waals surface area contributed by atoms with Crippen molar-refractivity contribution < 1.29 is 13.9 Å². The van der Waals surface area contributed by atoms with Gasteiger partial charge in [0.2, 0.25) is 5.82 Å². The molecular formula is C32H28FN5O2. The van der Waals surface area contributed by atoms with Crippen LogP contribution in [0, 0.1) is 5.82 Å². The molecule has 7 nitrogen and oxygen atoms in total. The van der Waals surface area contributed by atoms with Crippen LogP contribution in [0.15, 0.2) is 109 Å². The number of likely N-dealkylation sites (tertiary alicyclic amines) is 1. The lowest BCUT2D eigenvalue weighted by Crippen LogP contribution is -2.40. The van der Waals surface area contributed by atoms with E-state index < -0.39 is 5.82 Å². The minimum Gasteiger partial charge on any atom is -0.485 e. The van der Waals surface area contributed by atoms with Crippen LogP contribution in [0.2, 0.25) is 0 Å². The number of pyridine rings is 1. The van der Waals surface area contributed by atoms with Crippen molar-refractivity contribution in [2.45, 2.75) is 31.4 Å². The third-order valence-electron chi connectivity index (χ3n) is 7.25. The standard InChI is InChI=1S/C32H28FN5O2/c33-25-14-7-16-27(20-25)40-22-29-35-36-31(38(29)26-15-8-18-34-21-26)32(39)37-19-9-17-28(37)30(23-10-3-1-4-11-23)24-12-5-2-6-13-24/h1-8,10-16,18,20-21,28,30H,9,17,19,22H2/t28-/m1/s1. The Morgan fingerprint density at radius 2 is 1.68 bits per heavy atom. The number of halogens is 1. The van der Waals surface area contributed by atoms with E-state index in [9.17, 15) is 9.18 Å². The number of benzene rings is 3. The highest BCUT2D eigenvalue weighted by Crippen LogP contribution is 2.37. The average molecular weight is 534 g/mol. The minimum atomic E-state index is -0.395. The topological polar surface area (TPSA) is 73.1 Å². The molecule has 5 aromatic rings. The van der Waals surface area contributed by atoms with Crippen molar-refractivity contribution in [3.8, 4) is 11.4 Å². The third-order valence-corrected chi connectivity index (χ3v) is 7.25. The zero-order valence-electron chi connectivity index (χ0n) is 21.8. The Morgan fingerprint density at radius 1 is 0.925 bits per heavy atom. The Labute approximate surface area is 231 Å². The second kappa shape index (κ2) is 11.5. The number of aromatic nitrogens is 4. The van der Waals surface area contributed by atoms with E-state index >= 15 is 0 Å². The van der Waals surface area contributed by atoms with E-state index in [-0.39, 0.29) is 30.3 Å². The number of ether oxygens (including phenoxy) is 1. The first-order valence-electron chi connectivity index (χ1n) is 13.3. The van der Waals surface area contributed by atoms with Crippen LogP contribution in [0.5, 0.6) is 5.75 Å². The van der Waals surface area contributed by atoms with E-state index in [2.05, 4.69) is 39.4 Å². The van der Waals surface area contributed by atoms with Gasteiger partial charge in [-0.05, 0) is 48.2 Å². The predicted molar refractivity (Wildman–Crippen MR) is 149 cm³/mol. The van der Waals surface area contributed by atoms with Gasteiger partial charge in [-0.1, -0.05) is 66.7 Å². The number of amides is 1. The Morgan fingerprint density at radius 3 is 2.35 bits per heavy atom. The summed E-state index contributed by atoms with van der Waals surface area (Å²) in [7, 11) is 0. The van der Waals surface area contributed by atoms with Crippen molar-refractivity contribution in [3.05, 3.63) is 138 Å². The van der Waals surface area contributed by atoms with Gasteiger partial charge < -0.3 is 9.64 Å². The van der Waals surface area contributed by atoms with Crippen molar-refractivity contribution >= 4 is 5.91 Å². The summed E-state index contributed by atoms with van der Waals surface area (Å²) in [6, 6.07) is 30.1. The van der Waals surface area contributed by atoms with Gasteiger partial charge in [-0.25, -0.2) is 4.39 Å². The van der Waals surface area contributed by atoms with Crippen LogP contribution in [-0.4, -0.2) is 43.1 Å². The number of carbonyl (C=O) groups excluding carboxylic acids is 1. The van der Waals surface area contributed by atoms with Crippen molar-refractivity contribution in [3.63, 3.8) is 0 Å². The van der Waals surface area contributed by atoms with Gasteiger partial charge in [-0.2, -0.15) is 0 Å². The highest BCUT2D eigenvalue weighted by Gasteiger charge is 2.38. The molecule has 1 aliphatic rings. The fraction of sp³-hybridized carbons (Fsp3) is 0.188. The molecule has 1 aliphatic heterocycles. The number of hydrogen-bond acceptors (Lipinski definition) is 5. The van der Waals surface area contributed by atoms with Crippen molar-refractivity contribution in [2.24, 2.45) is 0 Å². The summed E-state index contributed by atoms with van der Waals surface area (Å²) < 4.78 is 21.2. The Kier molecular flexibility index (Phi) is 7.30. The molecule has 2 aromatic heterocycles. The quantitative estimate of drug-likeness (QED) is 0.251. The molecule has 40 heavy (non-hydrogen) atoms. The monoisotopic (exact) mass is 533 g/mol. The van der Waals surface area contributed by atoms with E-state index in [1.807, 2.05) is 47.4 Å². The second-order valence-electron chi connectivity index (χ2n) is 9.74. The molecule has 0 aliphatic carbocycles. The number of rotatable bonds is 8. The van der Waals surface area contributed by atoms with Gasteiger partial charge in [-0.3, -0.25) is 14.3 Å². The number of carbonyl (C=O) groups is 1. The van der Waals surface area contributed by atoms with Gasteiger partial charge in [0, 0.05) is 30.8 Å². The van der Waals surface area contributed by atoms with Crippen LogP contribution in [0.4, 0.5) is 4.39 Å². The largest absolute Gasteiger partial charge is 0.485 e. The summed E-state index contributed by atoms with van der Waals surface area (Å²) in [5, 5.41) is 8.67. The average Bonchev–Trinajstić information content (AvgIpc) is 3.65. The molecule has 1 amide bonds. The molecule has 6 rings (SSSR count). The zero-order chi connectivity index (χ0) is 27.3. The molecule has 8 heteroatoms. The molecule has 1 atom stereocenters. The first-order valence-corrected chi connectivity index (χ1v) is 13.3. The smallest absolute Gasteiger partial charge is 0.292 e. The number of nitrogens with zero attached hydrogens (tertiary/aromatic N) is 5. The maximum Gasteiger partial charge on any atom is 0.292 e. The minimum absolute atomic E-state index is 0.00128. The van der Waals surface area contributed by atoms with Gasteiger partial charge >= 0.3 is 0 Å². The zero-order valence-corrected chi connectivity index (χ0v) is 21.8. The van der Waals surface area contributed by atoms with E-state index in [0.717, 1.165) is 24.0 Å². The second-order valence-corrected chi connectivity index (χ2v) is 9.74. The van der Waals surface area contributed by atoms with Crippen molar-refractivity contribution in [1.82, 2.24) is 24.6 Å². The molecule has 0 spiro atoms. The summed E-state index contributed by atoms with van der Waals surface area (Å²) in [5.41, 5.74) is 2.97. The molecule has 0 saturated carbocycles. The maximum absolute atomic E-state index is 14.2. The highest BCUT2D eigenvalue weighted by molar-refractivity contribution is 5.92. The predicted octanol–water partition coefficient (Wildman–Crippen LogP) is 5.82. The van der Waals surface area contributed by atoms with Crippen molar-refractivity contribution in [1.29, 1.82) is 0 Å². The van der Waals surface area contributed by atoms with Crippen molar-refractivity contribution in [2.75, 3.05) is 6.54 Å². The van der Waals surface area contributed by atoms with Crippen LogP contribution in [0.25, 0.3) is 5.69 Å². The van der Waals surface area contributed by atoms with Crippen LogP contribution >= 0.6 is 0 Å². The Balaban J connectivity index is 1.35. The molecule has 0 radical (unpaired) electrons. The van der Waals surface area contributed by atoms with E-state index in [0.29, 0.717) is 23.8 Å². The lowest BCUT2D eigenvalue weighted by atomic mass is 9.84. The molecule has 1 saturated heterocycles. The summed E-state index contributed by atoms with van der Waals surface area (Å²) in [6.45, 7) is 0.618. The summed E-state index contributed by atoms with van der Waals surface area (Å²) in [6.07, 6.45) is 5.09. The van der Waals surface area contributed by atoms with Gasteiger partial charge in [0.25, 0.3) is 5.91 Å². The highest BCUT2D eigenvalue weighted by atomic mass is 19.1. The van der Waals surface area contributed by atoms with Gasteiger partial charge in [-0.15, -0.1) is 10.2 Å². The molecule has 3 heterocycles. The number of hydrogen-bond donors (Lipinski definition) is 0. The fourth-order valence-corrected chi connectivity index (χ4v) is 5.49. The lowest BCUT2D eigenvalue weighted by molar-refractivity contribution is 0.0710. The van der Waals surface area contributed by atoms with Crippen LogP contribution in [0.1, 0.15) is 46.3 Å². The first kappa shape index (κ1) is 25.4. The molecule has 0 bridgehead atoms. The van der Waals surface area contributed by atoms with Gasteiger partial charge in [0.1, 0.15) is 18.2 Å². The first-order chi connectivity index (χ1) is 19.7. The normalized spacial score (nSPS) is 14.9. The Hall–Kier alpha value is -4.85. The lowest BCUT2D eigenvalue weighted by Gasteiger charge is -2.32. The van der Waals surface area contributed by atoms with Crippen LogP contribution in [0.3, 0.4) is 0 Å². The maximum atomic E-state index is 14.2. The van der Waals surface area contributed by atoms with Gasteiger partial charge in [0.05, 0.1) is 11.9 Å². The van der Waals surface area contributed by atoms with Crippen LogP contribution in [-0.2, 0) is 6.61 Å². The summed E-state index contributed by atoms with van der Waals surface area (Å²) in [4.78, 5) is 20.4. The van der Waals surface area contributed by atoms with Gasteiger partial charge in [0.15, 0.2) is 5.82 Å². The summed E-state index contributed by atoms with van der Waals surface area (Å²) in [5.74, 6) is 0.388. The van der Waals surface area contributed by atoms with E-state index in [1.165, 1.54) is 12.1 Å². The third kappa shape index (κ3) is 5.20. The molecule has 0 unspecified atom stereocenters. The molecular weight excluding hydrogens is 505 g/mol. The summed E-state index contributed by atoms with van der Waals surface area (Å²) >= 11 is 0. The Bertz CT molecular complexity index is 1540. The molecule has 3 aromatic carbocycles.